The summed E-state index contributed by atoms with van der Waals surface area (Å²) >= 11 is 1.54. The normalized spacial score (nSPS) is 11.5. The lowest BCUT2D eigenvalue weighted by atomic mass is 10.1. The Morgan fingerprint density at radius 3 is 2.77 bits per heavy atom. The molecule has 4 heterocycles. The van der Waals surface area contributed by atoms with Gasteiger partial charge in [0.1, 0.15) is 23.0 Å². The van der Waals surface area contributed by atoms with Crippen molar-refractivity contribution < 1.29 is 4.74 Å². The molecule has 0 unspecified atom stereocenters. The van der Waals surface area contributed by atoms with Crippen LogP contribution in [0.3, 0.4) is 0 Å². The summed E-state index contributed by atoms with van der Waals surface area (Å²) in [6, 6.07) is 8.27. The number of methoxy groups -OCH3 is 1. The number of pyridine rings is 1. The molecule has 30 heavy (non-hydrogen) atoms. The molecule has 0 saturated heterocycles. The number of hydrogen-bond acceptors (Lipinski definition) is 6. The van der Waals surface area contributed by atoms with Gasteiger partial charge in [0, 0.05) is 17.5 Å². The number of imidazole rings is 1. The van der Waals surface area contributed by atoms with Crippen molar-refractivity contribution in [1.29, 1.82) is 10.5 Å². The van der Waals surface area contributed by atoms with Crippen molar-refractivity contribution >= 4 is 34.0 Å². The van der Waals surface area contributed by atoms with Gasteiger partial charge in [0.25, 0.3) is 0 Å². The third kappa shape index (κ3) is 3.14. The van der Waals surface area contributed by atoms with Gasteiger partial charge in [-0.15, -0.1) is 11.3 Å². The Labute approximate surface area is 177 Å². The Morgan fingerprint density at radius 1 is 1.27 bits per heavy atom. The lowest BCUT2D eigenvalue weighted by molar-refractivity contribution is 0.398. The number of allylic oxidation sites excluding steroid dienone is 1. The van der Waals surface area contributed by atoms with E-state index in [0.717, 1.165) is 33.0 Å². The summed E-state index contributed by atoms with van der Waals surface area (Å²) in [4.78, 5) is 11.8. The third-order valence-electron chi connectivity index (χ3n) is 4.97. The molecule has 0 saturated carbocycles. The molecule has 0 aliphatic carbocycles. The minimum atomic E-state index is 0.410. The Balaban J connectivity index is 1.81. The molecule has 4 aromatic rings. The Morgan fingerprint density at radius 2 is 2.07 bits per heavy atom. The van der Waals surface area contributed by atoms with Gasteiger partial charge in [0.2, 0.25) is 5.88 Å². The summed E-state index contributed by atoms with van der Waals surface area (Å²) < 4.78 is 7.20. The van der Waals surface area contributed by atoms with E-state index in [2.05, 4.69) is 31.7 Å². The number of thiophene rings is 1. The molecule has 0 aromatic carbocycles. The molecular formula is C22H18N6OS. The van der Waals surface area contributed by atoms with Crippen molar-refractivity contribution in [3.05, 3.63) is 57.6 Å². The molecule has 0 amide bonds. The molecule has 0 aliphatic rings. The van der Waals surface area contributed by atoms with Crippen molar-refractivity contribution in [1.82, 2.24) is 19.5 Å². The summed E-state index contributed by atoms with van der Waals surface area (Å²) in [7, 11) is 1.55. The molecule has 0 radical (unpaired) electrons. The SMILES string of the molecule is COc1cc2nc(/C(C#N)=C/c3cc(C)n(-c4scc(C)c4C#N)c3C)[nH]c2cn1. The average Bonchev–Trinajstić information content (AvgIpc) is 3.40. The van der Waals surface area contributed by atoms with E-state index >= 15 is 0 Å². The van der Waals surface area contributed by atoms with E-state index in [0.29, 0.717) is 28.4 Å². The largest absolute Gasteiger partial charge is 0.481 e. The van der Waals surface area contributed by atoms with Crippen LogP contribution in [0.25, 0.3) is 27.7 Å². The minimum Gasteiger partial charge on any atom is -0.481 e. The second kappa shape index (κ2) is 7.51. The predicted octanol–water partition coefficient (Wildman–Crippen LogP) is 4.68. The summed E-state index contributed by atoms with van der Waals surface area (Å²) in [5.74, 6) is 0.933. The highest BCUT2D eigenvalue weighted by molar-refractivity contribution is 7.13. The van der Waals surface area contributed by atoms with Gasteiger partial charge in [0.15, 0.2) is 0 Å². The first-order valence-electron chi connectivity index (χ1n) is 9.16. The van der Waals surface area contributed by atoms with E-state index in [1.165, 1.54) is 0 Å². The first kappa shape index (κ1) is 19.4. The number of nitrogens with zero attached hydrogens (tertiary/aromatic N) is 5. The summed E-state index contributed by atoms with van der Waals surface area (Å²) in [6.45, 7) is 5.91. The number of nitriles is 2. The van der Waals surface area contributed by atoms with Gasteiger partial charge in [-0.2, -0.15) is 10.5 Å². The monoisotopic (exact) mass is 414 g/mol. The Kier molecular flexibility index (Phi) is 4.86. The molecule has 4 aromatic heterocycles. The molecular weight excluding hydrogens is 396 g/mol. The number of hydrogen-bond donors (Lipinski definition) is 1. The molecule has 8 heteroatoms. The molecule has 7 nitrogen and oxygen atoms in total. The lowest BCUT2D eigenvalue weighted by Gasteiger charge is -2.07. The second-order valence-corrected chi connectivity index (χ2v) is 7.73. The number of aromatic amines is 1. The zero-order chi connectivity index (χ0) is 21.4. The number of ether oxygens (including phenoxy) is 1. The van der Waals surface area contributed by atoms with Crippen LogP contribution < -0.4 is 4.74 Å². The van der Waals surface area contributed by atoms with Crippen LogP contribution in [-0.2, 0) is 0 Å². The fourth-order valence-electron chi connectivity index (χ4n) is 3.42. The van der Waals surface area contributed by atoms with Gasteiger partial charge in [-0.1, -0.05) is 0 Å². The maximum atomic E-state index is 9.77. The topological polar surface area (TPSA) is 103 Å². The van der Waals surface area contributed by atoms with Crippen LogP contribution in [0, 0.1) is 43.4 Å². The zero-order valence-electron chi connectivity index (χ0n) is 16.9. The molecule has 0 bridgehead atoms. The number of fused-ring (bicyclic) bond motifs is 1. The molecule has 1 N–H and O–H groups in total. The molecule has 0 aliphatic heterocycles. The third-order valence-corrected chi connectivity index (χ3v) is 6.05. The molecule has 4 rings (SSSR count). The van der Waals surface area contributed by atoms with Gasteiger partial charge >= 0.3 is 0 Å². The maximum absolute atomic E-state index is 9.77. The predicted molar refractivity (Wildman–Crippen MR) is 116 cm³/mol. The van der Waals surface area contributed by atoms with Gasteiger partial charge in [0.05, 0.1) is 35.5 Å². The second-order valence-electron chi connectivity index (χ2n) is 6.87. The smallest absolute Gasteiger partial charge is 0.215 e. The summed E-state index contributed by atoms with van der Waals surface area (Å²) in [6.07, 6.45) is 3.45. The highest BCUT2D eigenvalue weighted by Crippen LogP contribution is 2.31. The van der Waals surface area contributed by atoms with Crippen LogP contribution in [0.4, 0.5) is 0 Å². The van der Waals surface area contributed by atoms with Crippen LogP contribution in [0.5, 0.6) is 5.88 Å². The lowest BCUT2D eigenvalue weighted by Crippen LogP contribution is -1.99. The van der Waals surface area contributed by atoms with Crippen LogP contribution in [-0.4, -0.2) is 26.6 Å². The highest BCUT2D eigenvalue weighted by Gasteiger charge is 2.17. The molecule has 0 spiro atoms. The van der Waals surface area contributed by atoms with Crippen molar-refractivity contribution in [2.75, 3.05) is 7.11 Å². The maximum Gasteiger partial charge on any atom is 0.215 e. The molecule has 0 fully saturated rings. The Bertz CT molecular complexity index is 1390. The van der Waals surface area contributed by atoms with Crippen molar-refractivity contribution in [2.45, 2.75) is 20.8 Å². The quantitative estimate of drug-likeness (QED) is 0.488. The van der Waals surface area contributed by atoms with Crippen molar-refractivity contribution in [2.24, 2.45) is 0 Å². The van der Waals surface area contributed by atoms with E-state index in [1.54, 1.807) is 30.7 Å². The van der Waals surface area contributed by atoms with Gasteiger partial charge < -0.3 is 14.3 Å². The van der Waals surface area contributed by atoms with Crippen LogP contribution >= 0.6 is 11.3 Å². The van der Waals surface area contributed by atoms with Gasteiger partial charge in [-0.3, -0.25) is 0 Å². The standard InChI is InChI=1S/C22H18N6OS/c1-12-11-30-22(17(12)9-24)28-13(2)5-15(14(28)3)6-16(8-23)21-26-18-7-20(29-4)25-10-19(18)27-21/h5-7,10-11H,1-4H3,(H,26,27)/b16-6+. The zero-order valence-corrected chi connectivity index (χ0v) is 17.8. The van der Waals surface area contributed by atoms with Gasteiger partial charge in [-0.25, -0.2) is 9.97 Å². The van der Waals surface area contributed by atoms with E-state index in [4.69, 9.17) is 4.74 Å². The van der Waals surface area contributed by atoms with Crippen molar-refractivity contribution in [3.8, 4) is 23.0 Å². The number of H-pyrrole nitrogens is 1. The fourth-order valence-corrected chi connectivity index (χ4v) is 4.53. The van der Waals surface area contributed by atoms with E-state index < -0.39 is 0 Å². The first-order valence-corrected chi connectivity index (χ1v) is 10.0. The number of rotatable bonds is 4. The Hall–Kier alpha value is -3.88. The highest BCUT2D eigenvalue weighted by atomic mass is 32.1. The van der Waals surface area contributed by atoms with Crippen LogP contribution in [0.1, 0.15) is 33.9 Å². The summed E-state index contributed by atoms with van der Waals surface area (Å²) in [5, 5.41) is 22.2. The average molecular weight is 414 g/mol. The number of aromatic nitrogens is 4. The van der Waals surface area contributed by atoms with Crippen molar-refractivity contribution in [3.63, 3.8) is 0 Å². The van der Waals surface area contributed by atoms with Crippen LogP contribution in [0.15, 0.2) is 23.7 Å². The minimum absolute atomic E-state index is 0.410. The van der Waals surface area contributed by atoms with Gasteiger partial charge in [-0.05, 0) is 49.4 Å². The summed E-state index contributed by atoms with van der Waals surface area (Å²) in [5.41, 5.74) is 6.30. The van der Waals surface area contributed by atoms with E-state index in [-0.39, 0.29) is 0 Å². The fraction of sp³-hybridized carbons (Fsp3) is 0.182. The first-order chi connectivity index (χ1) is 14.5. The molecule has 0 atom stereocenters. The van der Waals surface area contributed by atoms with E-state index in [9.17, 15) is 10.5 Å². The van der Waals surface area contributed by atoms with Crippen LogP contribution in [0.2, 0.25) is 0 Å². The van der Waals surface area contributed by atoms with E-state index in [1.807, 2.05) is 38.3 Å². The number of aryl methyl sites for hydroxylation is 2. The molecule has 148 valence electrons. The number of nitrogens with one attached hydrogen (secondary N) is 1.